The number of nitrogens with zero attached hydrogens (tertiary/aromatic N) is 5. The summed E-state index contributed by atoms with van der Waals surface area (Å²) in [5.74, 6) is 1.81. The fourth-order valence-corrected chi connectivity index (χ4v) is 2.33. The van der Waals surface area contributed by atoms with E-state index in [1.165, 1.54) is 11.2 Å². The average Bonchev–Trinajstić information content (AvgIpc) is 3.09. The van der Waals surface area contributed by atoms with E-state index < -0.39 is 0 Å². The van der Waals surface area contributed by atoms with Crippen molar-refractivity contribution in [2.24, 2.45) is 0 Å². The Kier molecular flexibility index (Phi) is 3.49. The molecule has 0 aliphatic carbocycles. The number of carbonyl (C=O) groups is 1. The SMILES string of the molecule is Cc1ccc(-c2nnn(CC(=O)N3CCCCC3)n2)o1. The van der Waals surface area contributed by atoms with Crippen LogP contribution in [0.3, 0.4) is 0 Å². The van der Waals surface area contributed by atoms with Gasteiger partial charge in [-0.1, -0.05) is 0 Å². The summed E-state index contributed by atoms with van der Waals surface area (Å²) in [7, 11) is 0. The summed E-state index contributed by atoms with van der Waals surface area (Å²) >= 11 is 0. The molecular weight excluding hydrogens is 258 g/mol. The van der Waals surface area contributed by atoms with Gasteiger partial charge in [0.25, 0.3) is 0 Å². The Morgan fingerprint density at radius 1 is 1.30 bits per heavy atom. The molecular formula is C13H17N5O2. The molecule has 20 heavy (non-hydrogen) atoms. The number of amides is 1. The van der Waals surface area contributed by atoms with Gasteiger partial charge in [-0.25, -0.2) is 0 Å². The van der Waals surface area contributed by atoms with E-state index in [4.69, 9.17) is 4.42 Å². The summed E-state index contributed by atoms with van der Waals surface area (Å²) in [6.45, 7) is 3.65. The number of likely N-dealkylation sites (tertiary alicyclic amines) is 1. The molecule has 7 heteroatoms. The summed E-state index contributed by atoms with van der Waals surface area (Å²) < 4.78 is 5.43. The van der Waals surface area contributed by atoms with E-state index in [-0.39, 0.29) is 12.5 Å². The van der Waals surface area contributed by atoms with Gasteiger partial charge < -0.3 is 9.32 Å². The van der Waals surface area contributed by atoms with Crippen molar-refractivity contribution in [1.29, 1.82) is 0 Å². The Labute approximate surface area is 116 Å². The van der Waals surface area contributed by atoms with Gasteiger partial charge in [0.2, 0.25) is 11.7 Å². The Balaban J connectivity index is 1.66. The Morgan fingerprint density at radius 2 is 2.10 bits per heavy atom. The highest BCUT2D eigenvalue weighted by Gasteiger charge is 2.18. The van der Waals surface area contributed by atoms with E-state index >= 15 is 0 Å². The normalized spacial score (nSPS) is 15.6. The molecule has 1 amide bonds. The molecule has 1 aliphatic heterocycles. The van der Waals surface area contributed by atoms with Gasteiger partial charge in [0, 0.05) is 13.1 Å². The largest absolute Gasteiger partial charge is 0.458 e. The minimum Gasteiger partial charge on any atom is -0.458 e. The summed E-state index contributed by atoms with van der Waals surface area (Å²) in [6, 6.07) is 3.64. The average molecular weight is 275 g/mol. The number of hydrogen-bond acceptors (Lipinski definition) is 5. The van der Waals surface area contributed by atoms with Crippen LogP contribution in [0.25, 0.3) is 11.6 Å². The van der Waals surface area contributed by atoms with Crippen molar-refractivity contribution >= 4 is 5.91 Å². The van der Waals surface area contributed by atoms with Crippen molar-refractivity contribution in [3.8, 4) is 11.6 Å². The van der Waals surface area contributed by atoms with E-state index in [1.807, 2.05) is 17.9 Å². The first-order valence-electron chi connectivity index (χ1n) is 6.85. The molecule has 0 aromatic carbocycles. The van der Waals surface area contributed by atoms with E-state index in [9.17, 15) is 4.79 Å². The van der Waals surface area contributed by atoms with Crippen molar-refractivity contribution in [2.75, 3.05) is 13.1 Å². The smallest absolute Gasteiger partial charge is 0.246 e. The first kappa shape index (κ1) is 12.8. The van der Waals surface area contributed by atoms with E-state index in [1.54, 1.807) is 6.07 Å². The Morgan fingerprint density at radius 3 is 2.80 bits per heavy atom. The predicted octanol–water partition coefficient (Wildman–Crippen LogP) is 1.25. The zero-order chi connectivity index (χ0) is 13.9. The molecule has 2 aromatic heterocycles. The first-order valence-corrected chi connectivity index (χ1v) is 6.85. The lowest BCUT2D eigenvalue weighted by molar-refractivity contribution is -0.133. The molecule has 106 valence electrons. The number of aromatic nitrogens is 4. The molecule has 0 bridgehead atoms. The number of aryl methyl sites for hydroxylation is 1. The van der Waals surface area contributed by atoms with Gasteiger partial charge in [-0.15, -0.1) is 10.2 Å². The van der Waals surface area contributed by atoms with Crippen LogP contribution < -0.4 is 0 Å². The van der Waals surface area contributed by atoms with Gasteiger partial charge in [0.05, 0.1) is 0 Å². The van der Waals surface area contributed by atoms with Crippen molar-refractivity contribution in [3.63, 3.8) is 0 Å². The lowest BCUT2D eigenvalue weighted by Gasteiger charge is -2.26. The molecule has 0 radical (unpaired) electrons. The van der Waals surface area contributed by atoms with Crippen LogP contribution in [0.4, 0.5) is 0 Å². The molecule has 3 heterocycles. The van der Waals surface area contributed by atoms with Crippen LogP contribution >= 0.6 is 0 Å². The van der Waals surface area contributed by atoms with Gasteiger partial charge >= 0.3 is 0 Å². The number of tetrazole rings is 1. The summed E-state index contributed by atoms with van der Waals surface area (Å²) in [5.41, 5.74) is 0. The van der Waals surface area contributed by atoms with Gasteiger partial charge in [0.1, 0.15) is 12.3 Å². The Bertz CT molecular complexity index is 597. The highest BCUT2D eigenvalue weighted by atomic mass is 16.3. The highest BCUT2D eigenvalue weighted by Crippen LogP contribution is 2.16. The van der Waals surface area contributed by atoms with Crippen molar-refractivity contribution < 1.29 is 9.21 Å². The third-order valence-electron chi connectivity index (χ3n) is 3.40. The van der Waals surface area contributed by atoms with Crippen LogP contribution in [-0.2, 0) is 11.3 Å². The third-order valence-corrected chi connectivity index (χ3v) is 3.40. The van der Waals surface area contributed by atoms with Crippen molar-refractivity contribution in [2.45, 2.75) is 32.7 Å². The number of carbonyl (C=O) groups excluding carboxylic acids is 1. The Hall–Kier alpha value is -2.18. The minimum absolute atomic E-state index is 0.0456. The molecule has 1 fully saturated rings. The molecule has 0 spiro atoms. The number of hydrogen-bond donors (Lipinski definition) is 0. The van der Waals surface area contributed by atoms with Gasteiger partial charge in [-0.2, -0.15) is 4.80 Å². The lowest BCUT2D eigenvalue weighted by atomic mass is 10.1. The number of rotatable bonds is 3. The van der Waals surface area contributed by atoms with Crippen LogP contribution in [0.1, 0.15) is 25.0 Å². The third kappa shape index (κ3) is 2.71. The number of furan rings is 1. The summed E-state index contributed by atoms with van der Waals surface area (Å²) in [6.07, 6.45) is 3.36. The zero-order valence-corrected chi connectivity index (χ0v) is 11.4. The molecule has 1 saturated heterocycles. The maximum absolute atomic E-state index is 12.1. The monoisotopic (exact) mass is 275 g/mol. The van der Waals surface area contributed by atoms with Gasteiger partial charge in [0.15, 0.2) is 5.76 Å². The minimum atomic E-state index is 0.0456. The maximum Gasteiger partial charge on any atom is 0.246 e. The van der Waals surface area contributed by atoms with E-state index in [0.717, 1.165) is 31.7 Å². The molecule has 0 saturated carbocycles. The topological polar surface area (TPSA) is 77.1 Å². The molecule has 7 nitrogen and oxygen atoms in total. The molecule has 0 atom stereocenters. The van der Waals surface area contributed by atoms with Crippen LogP contribution in [0.2, 0.25) is 0 Å². The summed E-state index contributed by atoms with van der Waals surface area (Å²) in [4.78, 5) is 15.3. The second kappa shape index (κ2) is 5.44. The molecule has 0 N–H and O–H groups in total. The predicted molar refractivity (Wildman–Crippen MR) is 70.7 cm³/mol. The summed E-state index contributed by atoms with van der Waals surface area (Å²) in [5, 5.41) is 12.0. The standard InChI is InChI=1S/C13H17N5O2/c1-10-5-6-11(20-10)13-14-16-18(15-13)9-12(19)17-7-3-2-4-8-17/h5-6H,2-4,7-9H2,1H3. The quantitative estimate of drug-likeness (QED) is 0.842. The van der Waals surface area contributed by atoms with Gasteiger partial charge in [-0.3, -0.25) is 4.79 Å². The van der Waals surface area contributed by atoms with Gasteiger partial charge in [-0.05, 0) is 43.5 Å². The van der Waals surface area contributed by atoms with Crippen LogP contribution in [0, 0.1) is 6.92 Å². The molecule has 1 aliphatic rings. The molecule has 3 rings (SSSR count). The fourth-order valence-electron chi connectivity index (χ4n) is 2.33. The van der Waals surface area contributed by atoms with E-state index in [0.29, 0.717) is 11.6 Å². The van der Waals surface area contributed by atoms with Crippen LogP contribution in [0.15, 0.2) is 16.5 Å². The lowest BCUT2D eigenvalue weighted by Crippen LogP contribution is -2.38. The molecule has 2 aromatic rings. The molecule has 0 unspecified atom stereocenters. The first-order chi connectivity index (χ1) is 9.72. The zero-order valence-electron chi connectivity index (χ0n) is 11.4. The van der Waals surface area contributed by atoms with Crippen molar-refractivity contribution in [1.82, 2.24) is 25.1 Å². The fraction of sp³-hybridized carbons (Fsp3) is 0.538. The van der Waals surface area contributed by atoms with Crippen molar-refractivity contribution in [3.05, 3.63) is 17.9 Å². The van der Waals surface area contributed by atoms with Crippen LogP contribution in [-0.4, -0.2) is 44.1 Å². The second-order valence-corrected chi connectivity index (χ2v) is 5.00. The van der Waals surface area contributed by atoms with Crippen LogP contribution in [0.5, 0.6) is 0 Å². The second-order valence-electron chi connectivity index (χ2n) is 5.00. The maximum atomic E-state index is 12.1. The van der Waals surface area contributed by atoms with E-state index in [2.05, 4.69) is 15.4 Å². The highest BCUT2D eigenvalue weighted by molar-refractivity contribution is 5.75. The number of piperidine rings is 1.